The number of halogens is 1. The van der Waals surface area contributed by atoms with Crippen molar-refractivity contribution in [3.63, 3.8) is 0 Å². The Labute approximate surface area is 203 Å². The molecule has 0 saturated heterocycles. The van der Waals surface area contributed by atoms with Crippen LogP contribution in [0.5, 0.6) is 0 Å². The molecule has 0 bridgehead atoms. The fourth-order valence-electron chi connectivity index (χ4n) is 2.40. The number of aromatic nitrogens is 1. The fourth-order valence-corrected chi connectivity index (χ4v) is 2.40. The van der Waals surface area contributed by atoms with E-state index in [1.807, 2.05) is 19.1 Å². The number of urea groups is 1. The van der Waals surface area contributed by atoms with Gasteiger partial charge in [-0.1, -0.05) is 6.07 Å². The summed E-state index contributed by atoms with van der Waals surface area (Å²) in [4.78, 5) is 27.1. The Morgan fingerprint density at radius 2 is 1.89 bits per heavy atom. The fraction of sp³-hybridized carbons (Fsp3) is 0.211. The summed E-state index contributed by atoms with van der Waals surface area (Å²) in [5.74, 6) is -1.92. The van der Waals surface area contributed by atoms with Gasteiger partial charge in [0.1, 0.15) is 11.3 Å². The molecule has 0 spiro atoms. The molecule has 0 aliphatic heterocycles. The van der Waals surface area contributed by atoms with Gasteiger partial charge in [-0.2, -0.15) is 0 Å². The largest absolute Gasteiger partial charge is 1.00 e. The molecule has 9 heteroatoms. The number of fused-ring (bicyclic) bond motifs is 1. The second-order valence-electron chi connectivity index (χ2n) is 6.68. The zero-order valence-electron chi connectivity index (χ0n) is 15.9. The number of benzene rings is 2. The minimum absolute atomic E-state index is 0. The quantitative estimate of drug-likeness (QED) is 0.570. The number of hydrogen-bond donors (Lipinski definition) is 2. The summed E-state index contributed by atoms with van der Waals surface area (Å²) in [6, 6.07) is 8.73. The second-order valence-corrected chi connectivity index (χ2v) is 6.68. The van der Waals surface area contributed by atoms with Crippen LogP contribution in [0.4, 0.5) is 14.9 Å². The van der Waals surface area contributed by atoms with Gasteiger partial charge in [-0.15, -0.1) is 0 Å². The van der Waals surface area contributed by atoms with Gasteiger partial charge in [0.2, 0.25) is 5.89 Å². The van der Waals surface area contributed by atoms with E-state index in [0.717, 1.165) is 5.56 Å². The molecule has 0 fully saturated rings. The number of rotatable bonds is 4. The van der Waals surface area contributed by atoms with Crippen molar-refractivity contribution in [1.29, 1.82) is 0 Å². The number of nitrogens with zero attached hydrogens (tertiary/aromatic N) is 1. The van der Waals surface area contributed by atoms with Crippen molar-refractivity contribution in [2.24, 2.45) is 0 Å². The zero-order chi connectivity index (χ0) is 19.8. The van der Waals surface area contributed by atoms with E-state index in [1.54, 1.807) is 12.1 Å². The summed E-state index contributed by atoms with van der Waals surface area (Å²) >= 11 is 0. The Hall–Kier alpha value is -1.78. The third kappa shape index (κ3) is 4.98. The first-order valence-corrected chi connectivity index (χ1v) is 8.13. The monoisotopic (exact) mass is 409 g/mol. The maximum Gasteiger partial charge on any atom is 1.00 e. The SMILES string of the molecule is Cc1ccc2oc(-c3ccc(NC(=O)NC(C)(C)C(=O)[O-])c(F)c3)nc2c1.[K+]. The van der Waals surface area contributed by atoms with Gasteiger partial charge in [-0.25, -0.2) is 14.2 Å². The number of anilines is 1. The molecule has 0 atom stereocenters. The Balaban J connectivity index is 0.00000280. The summed E-state index contributed by atoms with van der Waals surface area (Å²) in [5, 5.41) is 15.4. The van der Waals surface area contributed by atoms with Gasteiger partial charge in [0.25, 0.3) is 0 Å². The van der Waals surface area contributed by atoms with Crippen molar-refractivity contribution in [2.75, 3.05) is 5.32 Å². The molecule has 1 aromatic heterocycles. The smallest absolute Gasteiger partial charge is 0.548 e. The maximum atomic E-state index is 14.4. The molecule has 0 aliphatic carbocycles. The van der Waals surface area contributed by atoms with Crippen molar-refractivity contribution in [3.05, 3.63) is 47.8 Å². The van der Waals surface area contributed by atoms with E-state index in [1.165, 1.54) is 26.0 Å². The minimum Gasteiger partial charge on any atom is -0.548 e. The molecule has 0 aliphatic rings. The van der Waals surface area contributed by atoms with E-state index in [4.69, 9.17) is 4.42 Å². The van der Waals surface area contributed by atoms with Crippen LogP contribution in [-0.2, 0) is 4.79 Å². The van der Waals surface area contributed by atoms with E-state index in [2.05, 4.69) is 15.6 Å². The number of carboxylic acids is 1. The molecule has 3 aromatic rings. The topological polar surface area (TPSA) is 107 Å². The van der Waals surface area contributed by atoms with Crippen LogP contribution in [0, 0.1) is 12.7 Å². The van der Waals surface area contributed by atoms with Crippen LogP contribution < -0.4 is 67.1 Å². The Bertz CT molecular complexity index is 1050. The average Bonchev–Trinajstić information content (AvgIpc) is 2.99. The number of carbonyl (C=O) groups excluding carboxylic acids is 2. The van der Waals surface area contributed by atoms with Crippen LogP contribution in [0.25, 0.3) is 22.6 Å². The van der Waals surface area contributed by atoms with Crippen LogP contribution in [0.15, 0.2) is 40.8 Å². The van der Waals surface area contributed by atoms with E-state index in [0.29, 0.717) is 16.7 Å². The molecule has 1 heterocycles. The van der Waals surface area contributed by atoms with Gasteiger partial charge in [0.05, 0.1) is 17.2 Å². The van der Waals surface area contributed by atoms with E-state index >= 15 is 0 Å². The summed E-state index contributed by atoms with van der Waals surface area (Å²) in [7, 11) is 0. The molecule has 2 aromatic carbocycles. The minimum atomic E-state index is -1.60. The number of hydrogen-bond acceptors (Lipinski definition) is 5. The Kier molecular flexibility index (Phi) is 7.00. The van der Waals surface area contributed by atoms with Crippen LogP contribution >= 0.6 is 0 Å². The predicted molar refractivity (Wildman–Crippen MR) is 95.4 cm³/mol. The van der Waals surface area contributed by atoms with Gasteiger partial charge in [-0.05, 0) is 56.7 Å². The second kappa shape index (κ2) is 8.70. The molecule has 0 unspecified atom stereocenters. The first-order chi connectivity index (χ1) is 12.7. The first kappa shape index (κ1) is 22.5. The van der Waals surface area contributed by atoms with Crippen LogP contribution in [0.2, 0.25) is 0 Å². The third-order valence-electron chi connectivity index (χ3n) is 3.94. The van der Waals surface area contributed by atoms with E-state index in [9.17, 15) is 19.1 Å². The standard InChI is InChI=1S/C19H18FN3O4.K/c1-10-4-7-15-14(8-10)21-16(27-15)11-5-6-13(12(20)9-11)22-18(26)23-19(2,3)17(24)25;/h4-9H,1-3H3,(H,24,25)(H2,22,23,26);/q;+1/p-1. The number of aliphatic carboxylic acids is 1. The van der Waals surface area contributed by atoms with Crippen molar-refractivity contribution in [3.8, 4) is 11.5 Å². The number of carbonyl (C=O) groups is 2. The molecule has 7 nitrogen and oxygen atoms in total. The average molecular weight is 409 g/mol. The Morgan fingerprint density at radius 3 is 2.54 bits per heavy atom. The molecule has 2 amide bonds. The molecule has 3 rings (SSSR count). The number of carboxylic acid groups (broad SMARTS) is 1. The van der Waals surface area contributed by atoms with Gasteiger partial charge in [0.15, 0.2) is 5.58 Å². The van der Waals surface area contributed by atoms with Gasteiger partial charge in [-0.3, -0.25) is 0 Å². The third-order valence-corrected chi connectivity index (χ3v) is 3.94. The maximum absolute atomic E-state index is 14.4. The predicted octanol–water partition coefficient (Wildman–Crippen LogP) is -0.404. The number of amides is 2. The van der Waals surface area contributed by atoms with Crippen LogP contribution in [-0.4, -0.2) is 22.5 Å². The van der Waals surface area contributed by atoms with E-state index < -0.39 is 23.4 Å². The summed E-state index contributed by atoms with van der Waals surface area (Å²) < 4.78 is 20.0. The molecule has 0 radical (unpaired) electrons. The molecular formula is C19H17FKN3O4. The van der Waals surface area contributed by atoms with Crippen LogP contribution in [0.1, 0.15) is 19.4 Å². The number of aryl methyl sites for hydroxylation is 1. The van der Waals surface area contributed by atoms with Gasteiger partial charge in [0, 0.05) is 5.56 Å². The molecule has 140 valence electrons. The molecule has 0 saturated carbocycles. The van der Waals surface area contributed by atoms with Crippen molar-refractivity contribution >= 4 is 28.8 Å². The normalized spacial score (nSPS) is 11.0. The van der Waals surface area contributed by atoms with Gasteiger partial charge < -0.3 is 25.0 Å². The molecular weight excluding hydrogens is 392 g/mol. The zero-order valence-corrected chi connectivity index (χ0v) is 19.0. The first-order valence-electron chi connectivity index (χ1n) is 8.13. The molecule has 28 heavy (non-hydrogen) atoms. The summed E-state index contributed by atoms with van der Waals surface area (Å²) in [6.45, 7) is 4.45. The summed E-state index contributed by atoms with van der Waals surface area (Å²) in [6.07, 6.45) is 0. The molecule has 2 N–H and O–H groups in total. The van der Waals surface area contributed by atoms with Crippen molar-refractivity contribution in [1.82, 2.24) is 10.3 Å². The van der Waals surface area contributed by atoms with Gasteiger partial charge >= 0.3 is 57.4 Å². The number of nitrogens with one attached hydrogen (secondary N) is 2. The summed E-state index contributed by atoms with van der Waals surface area (Å²) in [5.41, 5.74) is 0.966. The van der Waals surface area contributed by atoms with Crippen molar-refractivity contribution < 1.29 is 74.9 Å². The van der Waals surface area contributed by atoms with Crippen LogP contribution in [0.3, 0.4) is 0 Å². The van der Waals surface area contributed by atoms with E-state index in [-0.39, 0.29) is 63.0 Å². The Morgan fingerprint density at radius 1 is 1.18 bits per heavy atom. The van der Waals surface area contributed by atoms with Crippen molar-refractivity contribution in [2.45, 2.75) is 26.3 Å². The number of oxazole rings is 1.